The first-order valence-corrected chi connectivity index (χ1v) is 7.09. The fourth-order valence-corrected chi connectivity index (χ4v) is 2.41. The molecule has 0 saturated carbocycles. The molecule has 110 valence electrons. The van der Waals surface area contributed by atoms with E-state index in [0.717, 1.165) is 31.5 Å². The third-order valence-electron chi connectivity index (χ3n) is 3.61. The van der Waals surface area contributed by atoms with E-state index in [-0.39, 0.29) is 12.5 Å². The van der Waals surface area contributed by atoms with Gasteiger partial charge >= 0.3 is 0 Å². The summed E-state index contributed by atoms with van der Waals surface area (Å²) in [5.74, 6) is -1.81. The lowest BCUT2D eigenvalue weighted by Gasteiger charge is -2.23. The molecule has 1 aliphatic rings. The minimum Gasteiger partial charge on any atom is -0.352 e. The topological polar surface area (TPSA) is 41.1 Å². The van der Waals surface area contributed by atoms with Crippen LogP contribution in [0.5, 0.6) is 0 Å². The molecule has 20 heavy (non-hydrogen) atoms. The number of halogens is 2. The zero-order valence-electron chi connectivity index (χ0n) is 11.4. The van der Waals surface area contributed by atoms with Gasteiger partial charge in [0, 0.05) is 19.0 Å². The summed E-state index contributed by atoms with van der Waals surface area (Å²) in [7, 11) is 0. The van der Waals surface area contributed by atoms with E-state index in [1.54, 1.807) is 0 Å². The number of nitrogens with one attached hydrogen (secondary N) is 2. The van der Waals surface area contributed by atoms with Crippen molar-refractivity contribution in [3.05, 3.63) is 35.4 Å². The van der Waals surface area contributed by atoms with Crippen molar-refractivity contribution in [3.8, 4) is 0 Å². The molecule has 1 saturated heterocycles. The first-order valence-electron chi connectivity index (χ1n) is 7.09. The van der Waals surface area contributed by atoms with Gasteiger partial charge in [0.1, 0.15) is 0 Å². The van der Waals surface area contributed by atoms with E-state index in [1.807, 2.05) is 0 Å². The Balaban J connectivity index is 1.70. The van der Waals surface area contributed by atoms with Gasteiger partial charge in [0.05, 0.1) is 0 Å². The van der Waals surface area contributed by atoms with Crippen LogP contribution >= 0.6 is 0 Å². The largest absolute Gasteiger partial charge is 0.352 e. The first-order chi connectivity index (χ1) is 9.65. The predicted octanol–water partition coefficient (Wildman–Crippen LogP) is 2.50. The number of rotatable bonds is 5. The fraction of sp³-hybridized carbons (Fsp3) is 0.533. The van der Waals surface area contributed by atoms with E-state index in [4.69, 9.17) is 0 Å². The monoisotopic (exact) mass is 282 g/mol. The zero-order chi connectivity index (χ0) is 14.4. The van der Waals surface area contributed by atoms with Crippen molar-refractivity contribution in [1.82, 2.24) is 10.6 Å². The van der Waals surface area contributed by atoms with Gasteiger partial charge in [-0.15, -0.1) is 0 Å². The lowest BCUT2D eigenvalue weighted by molar-refractivity contribution is -0.121. The molecule has 1 atom stereocenters. The second kappa shape index (κ2) is 7.33. The molecular weight excluding hydrogens is 262 g/mol. The van der Waals surface area contributed by atoms with Gasteiger partial charge in [-0.25, -0.2) is 8.78 Å². The van der Waals surface area contributed by atoms with E-state index in [1.165, 1.54) is 18.9 Å². The standard InChI is InChI=1S/C15H20F2N2O/c16-13-6-4-11(9-14(13)17)10-19-15(20)7-5-12-3-1-2-8-18-12/h4,6,9,12,18H,1-3,5,7-8,10H2,(H,19,20). The average molecular weight is 282 g/mol. The quantitative estimate of drug-likeness (QED) is 0.871. The Morgan fingerprint density at radius 2 is 2.15 bits per heavy atom. The summed E-state index contributed by atoms with van der Waals surface area (Å²) in [6.45, 7) is 1.26. The summed E-state index contributed by atoms with van der Waals surface area (Å²) >= 11 is 0. The lowest BCUT2D eigenvalue weighted by Crippen LogP contribution is -2.35. The highest BCUT2D eigenvalue weighted by Gasteiger charge is 2.13. The third kappa shape index (κ3) is 4.56. The van der Waals surface area contributed by atoms with Crippen molar-refractivity contribution in [2.45, 2.75) is 44.7 Å². The van der Waals surface area contributed by atoms with Crippen molar-refractivity contribution in [3.63, 3.8) is 0 Å². The fourth-order valence-electron chi connectivity index (χ4n) is 2.41. The van der Waals surface area contributed by atoms with Crippen LogP contribution in [0.1, 0.15) is 37.7 Å². The number of hydrogen-bond acceptors (Lipinski definition) is 2. The van der Waals surface area contributed by atoms with Crippen LogP contribution < -0.4 is 10.6 Å². The maximum atomic E-state index is 13.0. The highest BCUT2D eigenvalue weighted by Crippen LogP contribution is 2.12. The van der Waals surface area contributed by atoms with Crippen LogP contribution in [0.3, 0.4) is 0 Å². The van der Waals surface area contributed by atoms with Gasteiger partial charge in [-0.3, -0.25) is 4.79 Å². The van der Waals surface area contributed by atoms with Crippen molar-refractivity contribution in [2.75, 3.05) is 6.54 Å². The van der Waals surface area contributed by atoms with Gasteiger partial charge in [-0.1, -0.05) is 12.5 Å². The molecule has 1 heterocycles. The highest BCUT2D eigenvalue weighted by atomic mass is 19.2. The van der Waals surface area contributed by atoms with E-state index < -0.39 is 11.6 Å². The molecule has 2 rings (SSSR count). The van der Waals surface area contributed by atoms with Gasteiger partial charge in [0.25, 0.3) is 0 Å². The van der Waals surface area contributed by atoms with Gasteiger partial charge in [0.15, 0.2) is 11.6 Å². The summed E-state index contributed by atoms with van der Waals surface area (Å²) in [5.41, 5.74) is 0.563. The Morgan fingerprint density at radius 1 is 1.30 bits per heavy atom. The van der Waals surface area contributed by atoms with E-state index in [0.29, 0.717) is 18.0 Å². The van der Waals surface area contributed by atoms with Crippen LogP contribution in [0.2, 0.25) is 0 Å². The predicted molar refractivity (Wildman–Crippen MR) is 73.1 cm³/mol. The molecule has 1 amide bonds. The minimum atomic E-state index is -0.886. The summed E-state index contributed by atoms with van der Waals surface area (Å²) in [5, 5.41) is 6.12. The van der Waals surface area contributed by atoms with Crippen LogP contribution in [-0.2, 0) is 11.3 Å². The van der Waals surface area contributed by atoms with E-state index in [2.05, 4.69) is 10.6 Å². The summed E-state index contributed by atoms with van der Waals surface area (Å²) in [6, 6.07) is 4.08. The Labute approximate surface area is 117 Å². The molecule has 0 aliphatic carbocycles. The maximum Gasteiger partial charge on any atom is 0.220 e. The molecule has 3 nitrogen and oxygen atoms in total. The van der Waals surface area contributed by atoms with E-state index >= 15 is 0 Å². The number of carbonyl (C=O) groups is 1. The molecule has 0 aromatic heterocycles. The van der Waals surface area contributed by atoms with Gasteiger partial charge < -0.3 is 10.6 Å². The summed E-state index contributed by atoms with van der Waals surface area (Å²) in [4.78, 5) is 11.7. The lowest BCUT2D eigenvalue weighted by atomic mass is 10.0. The highest BCUT2D eigenvalue weighted by molar-refractivity contribution is 5.75. The van der Waals surface area contributed by atoms with Crippen molar-refractivity contribution < 1.29 is 13.6 Å². The summed E-state index contributed by atoms with van der Waals surface area (Å²) in [6.07, 6.45) is 4.83. The van der Waals surface area contributed by atoms with Gasteiger partial charge in [0.2, 0.25) is 5.91 Å². The Morgan fingerprint density at radius 3 is 2.85 bits per heavy atom. The van der Waals surface area contributed by atoms with Crippen LogP contribution in [0.15, 0.2) is 18.2 Å². The zero-order valence-corrected chi connectivity index (χ0v) is 11.4. The molecule has 0 bridgehead atoms. The van der Waals surface area contributed by atoms with Crippen molar-refractivity contribution in [1.29, 1.82) is 0 Å². The number of benzene rings is 1. The Bertz CT molecular complexity index is 459. The molecule has 1 unspecified atom stereocenters. The number of piperidine rings is 1. The van der Waals surface area contributed by atoms with Gasteiger partial charge in [-0.05, 0) is 43.5 Å². The van der Waals surface area contributed by atoms with Crippen molar-refractivity contribution in [2.24, 2.45) is 0 Å². The normalized spacial score (nSPS) is 18.8. The summed E-state index contributed by atoms with van der Waals surface area (Å²) < 4.78 is 25.8. The third-order valence-corrected chi connectivity index (χ3v) is 3.61. The van der Waals surface area contributed by atoms with Crippen LogP contribution in [0, 0.1) is 11.6 Å². The number of carbonyl (C=O) groups excluding carboxylic acids is 1. The van der Waals surface area contributed by atoms with Crippen molar-refractivity contribution >= 4 is 5.91 Å². The number of amides is 1. The average Bonchev–Trinajstić information content (AvgIpc) is 2.47. The molecule has 0 radical (unpaired) electrons. The molecule has 1 aromatic carbocycles. The van der Waals surface area contributed by atoms with Gasteiger partial charge in [-0.2, -0.15) is 0 Å². The Kier molecular flexibility index (Phi) is 5.47. The number of hydrogen-bond donors (Lipinski definition) is 2. The van der Waals surface area contributed by atoms with E-state index in [9.17, 15) is 13.6 Å². The molecule has 5 heteroatoms. The maximum absolute atomic E-state index is 13.0. The second-order valence-electron chi connectivity index (χ2n) is 5.21. The minimum absolute atomic E-state index is 0.0536. The van der Waals surface area contributed by atoms with Crippen LogP contribution in [0.25, 0.3) is 0 Å². The molecule has 1 aliphatic heterocycles. The molecule has 2 N–H and O–H groups in total. The Hall–Kier alpha value is -1.49. The smallest absolute Gasteiger partial charge is 0.220 e. The molecule has 0 spiro atoms. The molecular formula is C15H20F2N2O. The molecule has 1 aromatic rings. The van der Waals surface area contributed by atoms with Crippen LogP contribution in [0.4, 0.5) is 8.78 Å². The second-order valence-corrected chi connectivity index (χ2v) is 5.21. The SMILES string of the molecule is O=C(CCC1CCCCN1)NCc1ccc(F)c(F)c1. The first kappa shape index (κ1) is 14.9. The molecule has 1 fully saturated rings. The van der Waals surface area contributed by atoms with Crippen LogP contribution in [-0.4, -0.2) is 18.5 Å².